The van der Waals surface area contributed by atoms with Crippen LogP contribution in [0.2, 0.25) is 0 Å². The van der Waals surface area contributed by atoms with Gasteiger partial charge in [0.1, 0.15) is 18.3 Å². The van der Waals surface area contributed by atoms with Crippen molar-refractivity contribution in [1.82, 2.24) is 5.32 Å². The Morgan fingerprint density at radius 2 is 1.70 bits per heavy atom. The van der Waals surface area contributed by atoms with E-state index in [9.17, 15) is 43.5 Å². The van der Waals surface area contributed by atoms with E-state index < -0.39 is 58.7 Å². The van der Waals surface area contributed by atoms with Crippen molar-refractivity contribution < 1.29 is 57.6 Å². The minimum absolute atomic E-state index is 0.0136. The molecule has 0 aromatic carbocycles. The van der Waals surface area contributed by atoms with Gasteiger partial charge in [0.25, 0.3) is 10.1 Å². The molecule has 0 aromatic rings. The molecule has 5 unspecified atom stereocenters. The minimum Gasteiger partial charge on any atom is -0.479 e. The molecule has 0 spiro atoms. The third kappa shape index (κ3) is 6.74. The standard InChI is InChI=1S/C32H53NO12S/c1-16(4-9-24(35)33-12-13-46(41,42)43)20-7-8-21-19-6-5-17-14-18(10-11-31(17,2)22(19)15-23(34)32(20,21)3)44-30-27(38)25(36)26(37)28(45-30)29(39)40/h16-23,25-28,30,34,36-38H,4-15H2,1-3H3,(H,33,35)(H,39,40)(H,41,42,43)/t16-,17-,18-,19+,20-,21+,22+,23+,25?,26?,27?,28?,30?,31+,32-/m1/s1. The number of nitrogens with one attached hydrogen (secondary N) is 1. The maximum Gasteiger partial charge on any atom is 0.335 e. The van der Waals surface area contributed by atoms with Crippen LogP contribution >= 0.6 is 0 Å². The van der Waals surface area contributed by atoms with Crippen LogP contribution in [0.25, 0.3) is 0 Å². The van der Waals surface area contributed by atoms with E-state index in [1.165, 1.54) is 0 Å². The second-order valence-corrected chi connectivity index (χ2v) is 16.9. The fourth-order valence-corrected chi connectivity index (χ4v) is 10.9. The van der Waals surface area contributed by atoms with E-state index in [1.807, 2.05) is 0 Å². The Morgan fingerprint density at radius 1 is 0.978 bits per heavy atom. The summed E-state index contributed by atoms with van der Waals surface area (Å²) in [5, 5.41) is 54.5. The van der Waals surface area contributed by atoms with E-state index in [2.05, 4.69) is 26.1 Å². The van der Waals surface area contributed by atoms with Crippen molar-refractivity contribution in [3.8, 4) is 0 Å². The number of carbonyl (C=O) groups is 2. The number of aliphatic hydroxyl groups excluding tert-OH is 4. The van der Waals surface area contributed by atoms with Crippen molar-refractivity contribution in [1.29, 1.82) is 0 Å². The first-order valence-electron chi connectivity index (χ1n) is 16.9. The molecule has 14 heteroatoms. The van der Waals surface area contributed by atoms with Crippen molar-refractivity contribution in [3.63, 3.8) is 0 Å². The molecule has 5 aliphatic rings. The Labute approximate surface area is 271 Å². The van der Waals surface area contributed by atoms with Gasteiger partial charge >= 0.3 is 5.97 Å². The largest absolute Gasteiger partial charge is 0.479 e. The van der Waals surface area contributed by atoms with Crippen molar-refractivity contribution in [2.75, 3.05) is 12.3 Å². The summed E-state index contributed by atoms with van der Waals surface area (Å²) in [7, 11) is -4.13. The van der Waals surface area contributed by atoms with E-state index >= 15 is 0 Å². The van der Waals surface area contributed by atoms with Gasteiger partial charge in [-0.2, -0.15) is 8.42 Å². The number of hydrogen-bond acceptors (Lipinski definition) is 10. The van der Waals surface area contributed by atoms with E-state index in [0.717, 1.165) is 32.1 Å². The molecular weight excluding hydrogens is 622 g/mol. The van der Waals surface area contributed by atoms with Crippen molar-refractivity contribution in [2.24, 2.45) is 46.3 Å². The highest BCUT2D eigenvalue weighted by Crippen LogP contribution is 2.68. The van der Waals surface area contributed by atoms with E-state index in [4.69, 9.17) is 14.0 Å². The molecule has 0 aromatic heterocycles. The summed E-state index contributed by atoms with van der Waals surface area (Å²) in [6.45, 7) is 6.59. The number of aliphatic hydroxyl groups is 4. The Hall–Kier alpha value is -1.39. The molecule has 1 aliphatic heterocycles. The summed E-state index contributed by atoms with van der Waals surface area (Å²) in [5.74, 6) is -0.235. The van der Waals surface area contributed by atoms with Crippen molar-refractivity contribution in [2.45, 2.75) is 128 Å². The van der Waals surface area contributed by atoms with Crippen LogP contribution in [0.1, 0.15) is 85.0 Å². The number of amides is 1. The van der Waals surface area contributed by atoms with Crippen molar-refractivity contribution >= 4 is 22.0 Å². The number of carboxylic acid groups (broad SMARTS) is 1. The van der Waals surface area contributed by atoms with E-state index in [1.54, 1.807) is 0 Å². The van der Waals surface area contributed by atoms with Gasteiger partial charge in [-0.15, -0.1) is 0 Å². The number of hydrogen-bond donors (Lipinski definition) is 7. The third-order valence-electron chi connectivity index (χ3n) is 13.1. The number of fused-ring (bicyclic) bond motifs is 5. The summed E-state index contributed by atoms with van der Waals surface area (Å²) < 4.78 is 42.2. The maximum absolute atomic E-state index is 12.3. The molecule has 1 amide bonds. The summed E-state index contributed by atoms with van der Waals surface area (Å²) in [6, 6.07) is 0. The molecular formula is C32H53NO12S. The van der Waals surface area contributed by atoms with Gasteiger partial charge in [0.2, 0.25) is 5.91 Å². The van der Waals surface area contributed by atoms with Gasteiger partial charge in [0.05, 0.1) is 18.0 Å². The summed E-state index contributed by atoms with van der Waals surface area (Å²) >= 11 is 0. The Bertz CT molecular complexity index is 1230. The van der Waals surface area contributed by atoms with Crippen LogP contribution in [0.3, 0.4) is 0 Å². The molecule has 1 heterocycles. The van der Waals surface area contributed by atoms with Gasteiger partial charge in [0, 0.05) is 13.0 Å². The average molecular weight is 676 g/mol. The van der Waals surface area contributed by atoms with Crippen LogP contribution < -0.4 is 5.32 Å². The Balaban J connectivity index is 1.19. The monoisotopic (exact) mass is 675 g/mol. The normalized spacial score (nSPS) is 46.4. The molecule has 13 nitrogen and oxygen atoms in total. The molecule has 4 saturated carbocycles. The number of aliphatic carboxylic acids is 1. The molecule has 5 rings (SSSR count). The van der Waals surface area contributed by atoms with Crippen molar-refractivity contribution in [3.05, 3.63) is 0 Å². The molecule has 15 atom stereocenters. The van der Waals surface area contributed by atoms with Gasteiger partial charge in [-0.3, -0.25) is 9.35 Å². The summed E-state index contributed by atoms with van der Waals surface area (Å²) in [6.07, 6.45) is -0.976. The highest BCUT2D eigenvalue weighted by atomic mass is 32.2. The summed E-state index contributed by atoms with van der Waals surface area (Å²) in [5.41, 5.74) is -0.271. The molecule has 1 saturated heterocycles. The van der Waals surface area contributed by atoms with Crippen LogP contribution in [0.15, 0.2) is 0 Å². The second kappa shape index (κ2) is 13.5. The Morgan fingerprint density at radius 3 is 2.37 bits per heavy atom. The van der Waals surface area contributed by atoms with Crippen LogP contribution in [-0.4, -0.2) is 106 Å². The van der Waals surface area contributed by atoms with Crippen LogP contribution in [-0.2, 0) is 29.2 Å². The maximum atomic E-state index is 12.3. The molecule has 7 N–H and O–H groups in total. The predicted octanol–water partition coefficient (Wildman–Crippen LogP) is 1.31. The van der Waals surface area contributed by atoms with E-state index in [0.29, 0.717) is 49.4 Å². The highest BCUT2D eigenvalue weighted by Gasteiger charge is 2.64. The van der Waals surface area contributed by atoms with Crippen LogP contribution in [0, 0.1) is 46.3 Å². The number of ether oxygens (including phenoxy) is 2. The first-order valence-corrected chi connectivity index (χ1v) is 18.6. The van der Waals surface area contributed by atoms with Gasteiger partial charge in [-0.25, -0.2) is 4.79 Å². The van der Waals surface area contributed by atoms with Gasteiger partial charge in [-0.1, -0.05) is 20.8 Å². The number of carboxylic acids is 1. The quantitative estimate of drug-likeness (QED) is 0.129. The lowest BCUT2D eigenvalue weighted by molar-refractivity contribution is -0.310. The zero-order valence-electron chi connectivity index (χ0n) is 27.0. The molecule has 0 bridgehead atoms. The fourth-order valence-electron chi connectivity index (χ4n) is 10.6. The molecule has 5 fully saturated rings. The molecule has 264 valence electrons. The lowest BCUT2D eigenvalue weighted by Gasteiger charge is -2.62. The third-order valence-corrected chi connectivity index (χ3v) is 13.9. The van der Waals surface area contributed by atoms with Gasteiger partial charge in [-0.05, 0) is 104 Å². The number of carbonyl (C=O) groups excluding carboxylic acids is 1. The number of rotatable bonds is 10. The average Bonchev–Trinajstić information content (AvgIpc) is 3.34. The van der Waals surface area contributed by atoms with Crippen LogP contribution in [0.5, 0.6) is 0 Å². The smallest absolute Gasteiger partial charge is 0.335 e. The molecule has 4 aliphatic carbocycles. The minimum atomic E-state index is -4.13. The first kappa shape index (κ1) is 35.9. The SMILES string of the molecule is C[C@H](CCC(=O)NCCS(=O)(=O)O)[C@H]1CC[C@H]2[C@@H]3CC[C@@H]4C[C@H](OC5OC(C(=O)O)C(O)C(O)C5O)CC[C@]4(C)[C@H]3C[C@H](O)[C@]12C. The first-order chi connectivity index (χ1) is 21.5. The zero-order valence-corrected chi connectivity index (χ0v) is 27.8. The fraction of sp³-hybridized carbons (Fsp3) is 0.938. The van der Waals surface area contributed by atoms with Gasteiger partial charge < -0.3 is 40.3 Å². The molecule has 0 radical (unpaired) electrons. The lowest BCUT2D eigenvalue weighted by atomic mass is 9.43. The second-order valence-electron chi connectivity index (χ2n) is 15.4. The van der Waals surface area contributed by atoms with E-state index in [-0.39, 0.29) is 47.6 Å². The predicted molar refractivity (Wildman–Crippen MR) is 164 cm³/mol. The highest BCUT2D eigenvalue weighted by molar-refractivity contribution is 7.85. The lowest BCUT2D eigenvalue weighted by Crippen LogP contribution is -2.61. The summed E-state index contributed by atoms with van der Waals surface area (Å²) in [4.78, 5) is 23.9. The van der Waals surface area contributed by atoms with Gasteiger partial charge in [0.15, 0.2) is 12.4 Å². The Kier molecular flexibility index (Phi) is 10.5. The molecule has 46 heavy (non-hydrogen) atoms. The van der Waals surface area contributed by atoms with Crippen LogP contribution in [0.4, 0.5) is 0 Å². The zero-order chi connectivity index (χ0) is 33.8. The topological polar surface area (TPSA) is 220 Å².